The summed E-state index contributed by atoms with van der Waals surface area (Å²) in [6.07, 6.45) is 9.28. The number of carbonyl (C=O) groups is 1. The largest absolute Gasteiger partial charge is 0.459 e. The highest BCUT2D eigenvalue weighted by Crippen LogP contribution is 2.20. The van der Waals surface area contributed by atoms with E-state index in [9.17, 15) is 4.79 Å². The van der Waals surface area contributed by atoms with E-state index in [1.165, 1.54) is 38.4 Å². The number of furan rings is 1. The van der Waals surface area contributed by atoms with Crippen molar-refractivity contribution in [2.24, 2.45) is 4.99 Å². The second-order valence-electron chi connectivity index (χ2n) is 7.47. The molecule has 0 atom stereocenters. The molecule has 1 aromatic heterocycles. The van der Waals surface area contributed by atoms with Crippen molar-refractivity contribution in [3.8, 4) is 0 Å². The number of amides is 1. The summed E-state index contributed by atoms with van der Waals surface area (Å²) in [7, 11) is 1.77. The highest BCUT2D eigenvalue weighted by molar-refractivity contribution is 6.02. The predicted molar refractivity (Wildman–Crippen MR) is 119 cm³/mol. The molecule has 0 radical (unpaired) electrons. The van der Waals surface area contributed by atoms with E-state index < -0.39 is 0 Å². The summed E-state index contributed by atoms with van der Waals surface area (Å²) < 4.78 is 11.1. The zero-order valence-corrected chi connectivity index (χ0v) is 17.7. The Morgan fingerprint density at radius 1 is 1.13 bits per heavy atom. The fourth-order valence-corrected chi connectivity index (χ4v) is 3.47. The van der Waals surface area contributed by atoms with Crippen LogP contribution in [-0.2, 0) is 11.3 Å². The van der Waals surface area contributed by atoms with Gasteiger partial charge in [-0.3, -0.25) is 9.79 Å². The smallest absolute Gasteiger partial charge is 0.291 e. The number of benzene rings is 1. The van der Waals surface area contributed by atoms with Crippen molar-refractivity contribution in [3.05, 3.63) is 54.0 Å². The number of rotatable bonds is 9. The Bertz CT molecular complexity index is 781. The van der Waals surface area contributed by atoms with Crippen molar-refractivity contribution >= 4 is 17.6 Å². The molecule has 1 fully saturated rings. The lowest BCUT2D eigenvalue weighted by Gasteiger charge is -2.22. The molecule has 3 rings (SSSR count). The maximum absolute atomic E-state index is 12.0. The van der Waals surface area contributed by atoms with E-state index in [1.54, 1.807) is 19.2 Å². The van der Waals surface area contributed by atoms with Gasteiger partial charge in [-0.25, -0.2) is 0 Å². The molecule has 0 unspecified atom stereocenters. The van der Waals surface area contributed by atoms with Gasteiger partial charge in [0.05, 0.1) is 12.4 Å². The van der Waals surface area contributed by atoms with Crippen molar-refractivity contribution < 1.29 is 13.9 Å². The normalized spacial score (nSPS) is 15.0. The first-order valence-corrected chi connectivity index (χ1v) is 10.7. The van der Waals surface area contributed by atoms with Crippen LogP contribution in [0.1, 0.15) is 54.6 Å². The molecule has 0 spiro atoms. The van der Waals surface area contributed by atoms with Gasteiger partial charge in [-0.15, -0.1) is 0 Å². The number of guanidine groups is 1. The number of nitrogens with zero attached hydrogens (tertiary/aromatic N) is 1. The summed E-state index contributed by atoms with van der Waals surface area (Å²) in [5.41, 5.74) is 1.82. The monoisotopic (exact) mass is 412 g/mol. The third-order valence-corrected chi connectivity index (χ3v) is 5.16. The summed E-state index contributed by atoms with van der Waals surface area (Å²) in [4.78, 5) is 16.3. The zero-order valence-electron chi connectivity index (χ0n) is 17.7. The lowest BCUT2D eigenvalue weighted by Crippen LogP contribution is -2.37. The van der Waals surface area contributed by atoms with Crippen LogP contribution >= 0.6 is 0 Å². The quantitative estimate of drug-likeness (QED) is 0.330. The molecular weight excluding hydrogens is 380 g/mol. The maximum Gasteiger partial charge on any atom is 0.291 e. The Balaban J connectivity index is 1.32. The molecule has 162 valence electrons. The second kappa shape index (κ2) is 12.0. The number of nitrogens with one attached hydrogen (secondary N) is 3. The molecule has 0 aliphatic heterocycles. The molecule has 1 amide bonds. The van der Waals surface area contributed by atoms with Crippen LogP contribution < -0.4 is 16.0 Å². The average molecular weight is 413 g/mol. The molecule has 1 aliphatic carbocycles. The number of anilines is 1. The molecule has 7 nitrogen and oxygen atoms in total. The first-order valence-electron chi connectivity index (χ1n) is 10.7. The molecule has 3 N–H and O–H groups in total. The van der Waals surface area contributed by atoms with Crippen LogP contribution in [0.25, 0.3) is 0 Å². The van der Waals surface area contributed by atoms with E-state index >= 15 is 0 Å². The standard InChI is InChI=1S/C23H32N4O3/c1-24-23(25-14-6-16-29-20-7-3-2-4-8-20)26-17-18-10-12-19(13-11-18)27-22(28)21-9-5-15-30-21/h5,9-13,15,20H,2-4,6-8,14,16-17H2,1H3,(H,27,28)(H2,24,25,26). The molecule has 1 aromatic carbocycles. The summed E-state index contributed by atoms with van der Waals surface area (Å²) >= 11 is 0. The molecule has 0 bridgehead atoms. The summed E-state index contributed by atoms with van der Waals surface area (Å²) in [5, 5.41) is 9.44. The highest BCUT2D eigenvalue weighted by atomic mass is 16.5. The van der Waals surface area contributed by atoms with E-state index in [-0.39, 0.29) is 5.91 Å². The van der Waals surface area contributed by atoms with E-state index in [2.05, 4.69) is 20.9 Å². The van der Waals surface area contributed by atoms with Crippen LogP contribution in [0.5, 0.6) is 0 Å². The van der Waals surface area contributed by atoms with Gasteiger partial charge in [-0.1, -0.05) is 31.4 Å². The molecular formula is C23H32N4O3. The van der Waals surface area contributed by atoms with Crippen molar-refractivity contribution in [1.29, 1.82) is 0 Å². The Morgan fingerprint density at radius 2 is 1.93 bits per heavy atom. The third kappa shape index (κ3) is 7.22. The Morgan fingerprint density at radius 3 is 2.63 bits per heavy atom. The van der Waals surface area contributed by atoms with Crippen LogP contribution in [0, 0.1) is 0 Å². The number of hydrogen-bond acceptors (Lipinski definition) is 4. The van der Waals surface area contributed by atoms with Crippen molar-refractivity contribution in [2.75, 3.05) is 25.5 Å². The van der Waals surface area contributed by atoms with Gasteiger partial charge in [0.2, 0.25) is 0 Å². The van der Waals surface area contributed by atoms with Crippen LogP contribution in [0.3, 0.4) is 0 Å². The first kappa shape index (κ1) is 21.9. The lowest BCUT2D eigenvalue weighted by atomic mass is 9.98. The Kier molecular flexibility index (Phi) is 8.78. The fraction of sp³-hybridized carbons (Fsp3) is 0.478. The van der Waals surface area contributed by atoms with Crippen LogP contribution in [0.4, 0.5) is 5.69 Å². The zero-order chi connectivity index (χ0) is 21.0. The predicted octanol–water partition coefficient (Wildman–Crippen LogP) is 3.94. The van der Waals surface area contributed by atoms with E-state index in [1.807, 2.05) is 24.3 Å². The van der Waals surface area contributed by atoms with E-state index in [4.69, 9.17) is 9.15 Å². The van der Waals surface area contributed by atoms with Crippen LogP contribution in [-0.4, -0.2) is 38.2 Å². The van der Waals surface area contributed by atoms with Crippen molar-refractivity contribution in [2.45, 2.75) is 51.2 Å². The average Bonchev–Trinajstić information content (AvgIpc) is 3.32. The van der Waals surface area contributed by atoms with Gasteiger partial charge in [0.15, 0.2) is 11.7 Å². The van der Waals surface area contributed by atoms with Crippen molar-refractivity contribution in [1.82, 2.24) is 10.6 Å². The van der Waals surface area contributed by atoms with E-state index in [0.717, 1.165) is 36.8 Å². The number of carbonyl (C=O) groups excluding carboxylic acids is 1. The Hall–Kier alpha value is -2.80. The number of aliphatic imine (C=N–C) groups is 1. The van der Waals surface area contributed by atoms with Crippen LogP contribution in [0.2, 0.25) is 0 Å². The topological polar surface area (TPSA) is 87.9 Å². The molecule has 1 saturated carbocycles. The minimum Gasteiger partial charge on any atom is -0.459 e. The Labute approximate surface area is 178 Å². The first-order chi connectivity index (χ1) is 14.7. The lowest BCUT2D eigenvalue weighted by molar-refractivity contribution is 0.0277. The van der Waals surface area contributed by atoms with Gasteiger partial charge in [-0.2, -0.15) is 0 Å². The molecule has 7 heteroatoms. The summed E-state index contributed by atoms with van der Waals surface area (Å²) in [6, 6.07) is 11.0. The SMILES string of the molecule is CN=C(NCCCOC1CCCCC1)NCc1ccc(NC(=O)c2ccco2)cc1. The van der Waals surface area contributed by atoms with Crippen molar-refractivity contribution in [3.63, 3.8) is 0 Å². The summed E-state index contributed by atoms with van der Waals surface area (Å²) in [6.45, 7) is 2.26. The summed E-state index contributed by atoms with van der Waals surface area (Å²) in [5.74, 6) is 0.797. The fourth-order valence-electron chi connectivity index (χ4n) is 3.47. The van der Waals surface area contributed by atoms with Gasteiger partial charge in [-0.05, 0) is 49.1 Å². The minimum atomic E-state index is -0.261. The molecule has 30 heavy (non-hydrogen) atoms. The number of hydrogen-bond donors (Lipinski definition) is 3. The van der Waals surface area contributed by atoms with E-state index in [0.29, 0.717) is 18.4 Å². The molecule has 1 heterocycles. The van der Waals surface area contributed by atoms with Gasteiger partial charge >= 0.3 is 0 Å². The minimum absolute atomic E-state index is 0.261. The van der Waals surface area contributed by atoms with Gasteiger partial charge in [0, 0.05) is 32.4 Å². The van der Waals surface area contributed by atoms with Gasteiger partial charge < -0.3 is 25.1 Å². The third-order valence-electron chi connectivity index (χ3n) is 5.16. The molecule has 1 aliphatic rings. The maximum atomic E-state index is 12.0. The van der Waals surface area contributed by atoms with Gasteiger partial charge in [0.1, 0.15) is 0 Å². The molecule has 2 aromatic rings. The molecule has 0 saturated heterocycles. The second-order valence-corrected chi connectivity index (χ2v) is 7.47. The highest BCUT2D eigenvalue weighted by Gasteiger charge is 2.13. The van der Waals surface area contributed by atoms with Crippen LogP contribution in [0.15, 0.2) is 52.1 Å². The number of ether oxygens (including phenoxy) is 1. The van der Waals surface area contributed by atoms with Gasteiger partial charge in [0.25, 0.3) is 5.91 Å².